The van der Waals surface area contributed by atoms with Gasteiger partial charge in [0.05, 0.1) is 12.6 Å². The molecule has 2 amide bonds. The van der Waals surface area contributed by atoms with E-state index in [1.54, 1.807) is 28.7 Å². The molecule has 0 aliphatic carbocycles. The Morgan fingerprint density at radius 3 is 2.54 bits per heavy atom. The third-order valence-electron chi connectivity index (χ3n) is 4.95. The minimum absolute atomic E-state index is 0.00643. The van der Waals surface area contributed by atoms with Gasteiger partial charge in [-0.2, -0.15) is 11.3 Å². The third-order valence-corrected chi connectivity index (χ3v) is 6.89. The van der Waals surface area contributed by atoms with Crippen LogP contribution in [0.2, 0.25) is 0 Å². The Labute approximate surface area is 210 Å². The molecule has 0 unspecified atom stereocenters. The van der Waals surface area contributed by atoms with Gasteiger partial charge in [-0.15, -0.1) is 11.3 Å². The minimum atomic E-state index is -0.233. The van der Waals surface area contributed by atoms with Crippen molar-refractivity contribution in [1.82, 2.24) is 9.97 Å². The molecular formula is C26H24N4O3S2. The van der Waals surface area contributed by atoms with Crippen molar-refractivity contribution >= 4 is 56.4 Å². The van der Waals surface area contributed by atoms with Crippen LogP contribution in [0.4, 0.5) is 11.1 Å². The van der Waals surface area contributed by atoms with E-state index >= 15 is 0 Å². The number of hydrogen-bond donors (Lipinski definition) is 2. The number of thiazole rings is 1. The number of hydrogen-bond acceptors (Lipinski definition) is 7. The molecule has 0 aliphatic rings. The summed E-state index contributed by atoms with van der Waals surface area (Å²) in [6, 6.07) is 15.6. The van der Waals surface area contributed by atoms with E-state index in [2.05, 4.69) is 34.4 Å². The number of amides is 2. The SMILES string of the molecule is CC(C)c1cnc(NC(=O)Cc2ccsc2)s1.O=C(Nc1ncco1)c1ccc2ccccc2c1. The van der Waals surface area contributed by atoms with Crippen LogP contribution in [-0.4, -0.2) is 21.8 Å². The number of oxazole rings is 1. The molecule has 35 heavy (non-hydrogen) atoms. The second kappa shape index (κ2) is 11.5. The minimum Gasteiger partial charge on any atom is -0.432 e. The number of benzene rings is 2. The first-order chi connectivity index (χ1) is 17.0. The number of carbonyl (C=O) groups is 2. The van der Waals surface area contributed by atoms with Gasteiger partial charge in [0.25, 0.3) is 5.91 Å². The molecule has 0 radical (unpaired) electrons. The van der Waals surface area contributed by atoms with Crippen LogP contribution in [0.1, 0.15) is 40.6 Å². The topological polar surface area (TPSA) is 97.1 Å². The van der Waals surface area contributed by atoms with Gasteiger partial charge in [-0.25, -0.2) is 9.97 Å². The number of thiophene rings is 1. The monoisotopic (exact) mass is 504 g/mol. The molecule has 0 saturated heterocycles. The Morgan fingerprint density at radius 1 is 1.03 bits per heavy atom. The van der Waals surface area contributed by atoms with Gasteiger partial charge < -0.3 is 9.73 Å². The Balaban J connectivity index is 0.000000165. The first kappa shape index (κ1) is 24.3. The van der Waals surface area contributed by atoms with Gasteiger partial charge in [0, 0.05) is 16.6 Å². The van der Waals surface area contributed by atoms with Crippen LogP contribution in [0.5, 0.6) is 0 Å². The van der Waals surface area contributed by atoms with E-state index < -0.39 is 0 Å². The van der Waals surface area contributed by atoms with E-state index in [-0.39, 0.29) is 17.8 Å². The second-order valence-electron chi connectivity index (χ2n) is 7.93. The predicted octanol–water partition coefficient (Wildman–Crippen LogP) is 6.59. The van der Waals surface area contributed by atoms with Gasteiger partial charge in [0.2, 0.25) is 5.91 Å². The summed E-state index contributed by atoms with van der Waals surface area (Å²) in [5.41, 5.74) is 1.63. The van der Waals surface area contributed by atoms with Crippen molar-refractivity contribution in [3.63, 3.8) is 0 Å². The number of nitrogens with zero attached hydrogens (tertiary/aromatic N) is 2. The second-order valence-corrected chi connectivity index (χ2v) is 9.77. The zero-order chi connectivity index (χ0) is 24.6. The highest BCUT2D eigenvalue weighted by atomic mass is 32.1. The van der Waals surface area contributed by atoms with Gasteiger partial charge in [0.15, 0.2) is 5.13 Å². The number of anilines is 2. The molecule has 9 heteroatoms. The van der Waals surface area contributed by atoms with E-state index in [0.717, 1.165) is 16.3 Å². The van der Waals surface area contributed by atoms with Crippen molar-refractivity contribution in [2.45, 2.75) is 26.2 Å². The van der Waals surface area contributed by atoms with Crippen molar-refractivity contribution < 1.29 is 14.0 Å². The lowest BCUT2D eigenvalue weighted by Gasteiger charge is -2.03. The molecule has 3 heterocycles. The van der Waals surface area contributed by atoms with Crippen molar-refractivity contribution in [2.24, 2.45) is 0 Å². The lowest BCUT2D eigenvalue weighted by molar-refractivity contribution is -0.115. The number of nitrogens with one attached hydrogen (secondary N) is 2. The summed E-state index contributed by atoms with van der Waals surface area (Å²) in [5.74, 6) is 0.214. The Hall–Kier alpha value is -3.82. The van der Waals surface area contributed by atoms with E-state index in [1.807, 2.05) is 59.4 Å². The molecule has 2 aromatic carbocycles. The fraction of sp³-hybridized carbons (Fsp3) is 0.154. The highest BCUT2D eigenvalue weighted by Gasteiger charge is 2.10. The summed E-state index contributed by atoms with van der Waals surface area (Å²) in [6.45, 7) is 4.23. The Morgan fingerprint density at radius 2 is 1.86 bits per heavy atom. The number of rotatable bonds is 6. The average Bonchev–Trinajstić information content (AvgIpc) is 3.63. The molecule has 0 fully saturated rings. The largest absolute Gasteiger partial charge is 0.432 e. The molecule has 0 bridgehead atoms. The number of fused-ring (bicyclic) bond motifs is 1. The highest BCUT2D eigenvalue weighted by molar-refractivity contribution is 7.15. The fourth-order valence-corrected chi connectivity index (χ4v) is 4.64. The molecule has 5 rings (SSSR count). The van der Waals surface area contributed by atoms with E-state index in [0.29, 0.717) is 23.0 Å². The normalized spacial score (nSPS) is 10.6. The summed E-state index contributed by atoms with van der Waals surface area (Å²) in [5, 5.41) is 12.2. The first-order valence-corrected chi connectivity index (χ1v) is 12.7. The standard InChI is InChI=1S/C14H10N2O2.C12H14N2OS2/c17-13(16-14-15-7-8-18-14)12-6-5-10-3-1-2-4-11(10)9-12;1-8(2)10-6-13-12(17-10)14-11(15)5-9-3-4-16-7-9/h1-9H,(H,15,16,17);3-4,6-8H,5H2,1-2H3,(H,13,14,15). The summed E-state index contributed by atoms with van der Waals surface area (Å²) < 4.78 is 4.97. The van der Waals surface area contributed by atoms with Crippen LogP contribution in [0.15, 0.2) is 82.4 Å². The highest BCUT2D eigenvalue weighted by Crippen LogP contribution is 2.25. The zero-order valence-electron chi connectivity index (χ0n) is 19.2. The zero-order valence-corrected chi connectivity index (χ0v) is 20.9. The molecule has 5 aromatic rings. The maximum atomic E-state index is 11.9. The number of aromatic nitrogens is 2. The maximum absolute atomic E-state index is 11.9. The quantitative estimate of drug-likeness (QED) is 0.272. The van der Waals surface area contributed by atoms with Crippen molar-refractivity contribution in [3.05, 3.63) is 94.0 Å². The molecule has 0 atom stereocenters. The first-order valence-electron chi connectivity index (χ1n) is 10.9. The van der Waals surface area contributed by atoms with Crippen LogP contribution < -0.4 is 10.6 Å². The van der Waals surface area contributed by atoms with E-state index in [9.17, 15) is 9.59 Å². The smallest absolute Gasteiger partial charge is 0.301 e. The van der Waals surface area contributed by atoms with Gasteiger partial charge >= 0.3 is 6.01 Å². The van der Waals surface area contributed by atoms with Crippen LogP contribution in [0, 0.1) is 0 Å². The van der Waals surface area contributed by atoms with Gasteiger partial charge in [-0.3, -0.25) is 14.9 Å². The molecule has 0 saturated carbocycles. The molecule has 7 nitrogen and oxygen atoms in total. The molecule has 2 N–H and O–H groups in total. The molecule has 178 valence electrons. The Bertz CT molecular complexity index is 1390. The van der Waals surface area contributed by atoms with Gasteiger partial charge in [-0.1, -0.05) is 44.2 Å². The van der Waals surface area contributed by atoms with Crippen molar-refractivity contribution in [1.29, 1.82) is 0 Å². The third kappa shape index (κ3) is 6.84. The fourth-order valence-electron chi connectivity index (χ4n) is 3.14. The van der Waals surface area contributed by atoms with Crippen LogP contribution in [0.25, 0.3) is 10.8 Å². The number of carbonyl (C=O) groups excluding carboxylic acids is 2. The molecule has 0 spiro atoms. The predicted molar refractivity (Wildman–Crippen MR) is 141 cm³/mol. The van der Waals surface area contributed by atoms with E-state index in [4.69, 9.17) is 4.42 Å². The van der Waals surface area contributed by atoms with Crippen LogP contribution in [0.3, 0.4) is 0 Å². The molecular weight excluding hydrogens is 480 g/mol. The Kier molecular flexibility index (Phi) is 8.02. The summed E-state index contributed by atoms with van der Waals surface area (Å²) >= 11 is 3.14. The van der Waals surface area contributed by atoms with Crippen molar-refractivity contribution in [2.75, 3.05) is 10.6 Å². The maximum Gasteiger partial charge on any atom is 0.301 e. The van der Waals surface area contributed by atoms with Gasteiger partial charge in [0.1, 0.15) is 6.26 Å². The lowest BCUT2D eigenvalue weighted by atomic mass is 10.1. The molecule has 3 aromatic heterocycles. The summed E-state index contributed by atoms with van der Waals surface area (Å²) in [6.07, 6.45) is 5.14. The van der Waals surface area contributed by atoms with Gasteiger partial charge in [-0.05, 0) is 51.2 Å². The van der Waals surface area contributed by atoms with Crippen molar-refractivity contribution in [3.8, 4) is 0 Å². The lowest BCUT2D eigenvalue weighted by Crippen LogP contribution is -2.13. The van der Waals surface area contributed by atoms with Crippen LogP contribution >= 0.6 is 22.7 Å². The van der Waals surface area contributed by atoms with E-state index in [1.165, 1.54) is 17.3 Å². The van der Waals surface area contributed by atoms with Crippen LogP contribution in [-0.2, 0) is 11.2 Å². The summed E-state index contributed by atoms with van der Waals surface area (Å²) in [4.78, 5) is 32.9. The molecule has 0 aliphatic heterocycles. The average molecular weight is 505 g/mol. The summed E-state index contributed by atoms with van der Waals surface area (Å²) in [7, 11) is 0.